The summed E-state index contributed by atoms with van der Waals surface area (Å²) in [6.45, 7) is 10.6. The van der Waals surface area contributed by atoms with E-state index in [1.54, 1.807) is 11.7 Å². The third kappa shape index (κ3) is 4.65. The molecule has 0 spiro atoms. The third-order valence-corrected chi connectivity index (χ3v) is 6.37. The van der Waals surface area contributed by atoms with Crippen LogP contribution < -0.4 is 15.6 Å². The van der Waals surface area contributed by atoms with E-state index in [0.717, 1.165) is 47.7 Å². The molecule has 0 amide bonds. The molecule has 2 aromatic heterocycles. The number of aryl methyl sites for hydroxylation is 2. The number of ether oxygens (including phenoxy) is 1. The van der Waals surface area contributed by atoms with Crippen LogP contribution >= 0.6 is 12.2 Å². The van der Waals surface area contributed by atoms with Crippen LogP contribution in [0.2, 0.25) is 0 Å². The van der Waals surface area contributed by atoms with Gasteiger partial charge in [0.05, 0.1) is 17.9 Å². The maximum absolute atomic E-state index is 13.0. The van der Waals surface area contributed by atoms with Gasteiger partial charge in [0.15, 0.2) is 5.52 Å². The van der Waals surface area contributed by atoms with Gasteiger partial charge < -0.3 is 19.9 Å². The van der Waals surface area contributed by atoms with Crippen molar-refractivity contribution in [2.45, 2.75) is 52.6 Å². The van der Waals surface area contributed by atoms with E-state index in [1.165, 1.54) is 0 Å². The van der Waals surface area contributed by atoms with Crippen molar-refractivity contribution >= 4 is 28.2 Å². The van der Waals surface area contributed by atoms with Gasteiger partial charge in [0.25, 0.3) is 5.56 Å². The SMILES string of the molecule is CCCc1nn(C)c2c(=O)[nH]c(-c3cc(C(=S)N4C[C@@H](C)N[C@@H](C)C4)ccc3OCC)nc12. The number of aromatic amines is 1. The van der Waals surface area contributed by atoms with E-state index in [9.17, 15) is 4.79 Å². The Morgan fingerprint density at radius 2 is 1.97 bits per heavy atom. The summed E-state index contributed by atoms with van der Waals surface area (Å²) in [5.74, 6) is 1.13. The maximum atomic E-state index is 13.0. The monoisotopic (exact) mass is 468 g/mol. The van der Waals surface area contributed by atoms with E-state index in [1.807, 2.05) is 25.1 Å². The number of benzene rings is 1. The van der Waals surface area contributed by atoms with Crippen LogP contribution in [0.1, 0.15) is 45.4 Å². The molecule has 0 saturated carbocycles. The first kappa shape index (κ1) is 23.4. The van der Waals surface area contributed by atoms with Gasteiger partial charge in [0.1, 0.15) is 22.1 Å². The van der Waals surface area contributed by atoms with Crippen molar-refractivity contribution in [1.29, 1.82) is 0 Å². The molecule has 0 aliphatic carbocycles. The highest BCUT2D eigenvalue weighted by Gasteiger charge is 2.24. The molecule has 33 heavy (non-hydrogen) atoms. The van der Waals surface area contributed by atoms with Crippen molar-refractivity contribution in [3.63, 3.8) is 0 Å². The van der Waals surface area contributed by atoms with Crippen LogP contribution in [0.4, 0.5) is 0 Å². The summed E-state index contributed by atoms with van der Waals surface area (Å²) in [6.07, 6.45) is 1.68. The van der Waals surface area contributed by atoms with Gasteiger partial charge in [-0.2, -0.15) is 5.10 Å². The predicted octanol–water partition coefficient (Wildman–Crippen LogP) is 3.03. The van der Waals surface area contributed by atoms with Crippen LogP contribution in [-0.2, 0) is 13.5 Å². The van der Waals surface area contributed by atoms with Gasteiger partial charge in [-0.25, -0.2) is 4.98 Å². The molecule has 1 aliphatic rings. The van der Waals surface area contributed by atoms with E-state index in [4.69, 9.17) is 21.9 Å². The van der Waals surface area contributed by atoms with Gasteiger partial charge in [-0.05, 0) is 45.4 Å². The Kier molecular flexibility index (Phi) is 6.81. The Balaban J connectivity index is 1.81. The average molecular weight is 469 g/mol. The highest BCUT2D eigenvalue weighted by atomic mass is 32.1. The number of nitrogens with zero attached hydrogens (tertiary/aromatic N) is 4. The molecule has 8 nitrogen and oxygen atoms in total. The van der Waals surface area contributed by atoms with E-state index < -0.39 is 0 Å². The van der Waals surface area contributed by atoms with E-state index in [-0.39, 0.29) is 5.56 Å². The third-order valence-electron chi connectivity index (χ3n) is 5.88. The van der Waals surface area contributed by atoms with Gasteiger partial charge in [-0.1, -0.05) is 25.6 Å². The van der Waals surface area contributed by atoms with E-state index in [2.05, 4.69) is 41.1 Å². The second-order valence-electron chi connectivity index (χ2n) is 8.75. The first-order valence-electron chi connectivity index (χ1n) is 11.6. The number of rotatable bonds is 6. The number of piperazine rings is 1. The molecule has 1 saturated heterocycles. The lowest BCUT2D eigenvalue weighted by molar-refractivity contribution is 0.258. The lowest BCUT2D eigenvalue weighted by atomic mass is 10.1. The molecular weight excluding hydrogens is 436 g/mol. The normalized spacial score (nSPS) is 18.6. The molecule has 9 heteroatoms. The molecular formula is C24H32N6O2S. The summed E-state index contributed by atoms with van der Waals surface area (Å²) >= 11 is 5.88. The lowest BCUT2D eigenvalue weighted by Crippen LogP contribution is -2.55. The summed E-state index contributed by atoms with van der Waals surface area (Å²) in [6, 6.07) is 6.59. The first-order chi connectivity index (χ1) is 15.8. The number of hydrogen-bond donors (Lipinski definition) is 2. The first-order valence-corrected chi connectivity index (χ1v) is 12.0. The van der Waals surface area contributed by atoms with Gasteiger partial charge in [0.2, 0.25) is 0 Å². The zero-order valence-electron chi connectivity index (χ0n) is 19.9. The van der Waals surface area contributed by atoms with Crippen molar-refractivity contribution in [1.82, 2.24) is 30.0 Å². The van der Waals surface area contributed by atoms with E-state index >= 15 is 0 Å². The van der Waals surface area contributed by atoms with Crippen LogP contribution in [0.5, 0.6) is 5.75 Å². The molecule has 1 aliphatic heterocycles. The fourth-order valence-electron chi connectivity index (χ4n) is 4.58. The molecule has 3 aromatic rings. The Morgan fingerprint density at radius 3 is 2.64 bits per heavy atom. The van der Waals surface area contributed by atoms with Crippen molar-refractivity contribution in [3.8, 4) is 17.1 Å². The van der Waals surface area contributed by atoms with Crippen molar-refractivity contribution < 1.29 is 4.74 Å². The van der Waals surface area contributed by atoms with Crippen LogP contribution in [0, 0.1) is 0 Å². The van der Waals surface area contributed by atoms with Crippen molar-refractivity contribution in [2.75, 3.05) is 19.7 Å². The number of aromatic nitrogens is 4. The molecule has 1 aromatic carbocycles. The number of thiocarbonyl (C=S) groups is 1. The van der Waals surface area contributed by atoms with Gasteiger partial charge >= 0.3 is 0 Å². The molecule has 3 heterocycles. The van der Waals surface area contributed by atoms with Crippen LogP contribution in [0.25, 0.3) is 22.4 Å². The Labute approximate surface area is 199 Å². The fraction of sp³-hybridized carbons (Fsp3) is 0.500. The highest BCUT2D eigenvalue weighted by Crippen LogP contribution is 2.30. The predicted molar refractivity (Wildman–Crippen MR) is 135 cm³/mol. The number of H-pyrrole nitrogens is 1. The number of fused-ring (bicyclic) bond motifs is 1. The standard InChI is InChI=1S/C24H32N6O2S/c1-6-8-18-20-21(29(5)28-18)23(31)27-22(26-20)17-11-16(9-10-19(17)32-7-2)24(33)30-12-14(3)25-15(4)13-30/h9-11,14-15,25H,6-8,12-13H2,1-5H3,(H,26,27,31)/t14-,15+. The summed E-state index contributed by atoms with van der Waals surface area (Å²) in [7, 11) is 1.78. The molecule has 0 unspecified atom stereocenters. The molecule has 2 N–H and O–H groups in total. The molecule has 2 atom stereocenters. The summed E-state index contributed by atoms with van der Waals surface area (Å²) in [4.78, 5) is 23.8. The minimum absolute atomic E-state index is 0.215. The fourth-order valence-corrected chi connectivity index (χ4v) is 4.86. The Hall–Kier alpha value is -2.78. The highest BCUT2D eigenvalue weighted by molar-refractivity contribution is 7.80. The minimum Gasteiger partial charge on any atom is -0.493 e. The number of hydrogen-bond acceptors (Lipinski definition) is 6. The quantitative estimate of drug-likeness (QED) is 0.538. The van der Waals surface area contributed by atoms with E-state index in [0.29, 0.717) is 41.3 Å². The average Bonchev–Trinajstić information content (AvgIpc) is 3.09. The lowest BCUT2D eigenvalue weighted by Gasteiger charge is -2.37. The molecule has 176 valence electrons. The van der Waals surface area contributed by atoms with Crippen molar-refractivity contribution in [3.05, 3.63) is 39.8 Å². The van der Waals surface area contributed by atoms with Crippen molar-refractivity contribution in [2.24, 2.45) is 7.05 Å². The number of nitrogens with one attached hydrogen (secondary N) is 2. The molecule has 1 fully saturated rings. The second-order valence-corrected chi connectivity index (χ2v) is 9.14. The summed E-state index contributed by atoms with van der Waals surface area (Å²) in [5, 5.41) is 8.06. The summed E-state index contributed by atoms with van der Waals surface area (Å²) < 4.78 is 7.50. The Morgan fingerprint density at radius 1 is 1.24 bits per heavy atom. The summed E-state index contributed by atoms with van der Waals surface area (Å²) in [5.41, 5.74) is 3.36. The molecule has 0 bridgehead atoms. The molecule has 0 radical (unpaired) electrons. The van der Waals surface area contributed by atoms with Gasteiger partial charge in [-0.3, -0.25) is 9.48 Å². The zero-order chi connectivity index (χ0) is 23.7. The zero-order valence-corrected chi connectivity index (χ0v) is 20.8. The topological polar surface area (TPSA) is 88.1 Å². The van der Waals surface area contributed by atoms with Crippen LogP contribution in [0.3, 0.4) is 0 Å². The van der Waals surface area contributed by atoms with Crippen LogP contribution in [0.15, 0.2) is 23.0 Å². The maximum Gasteiger partial charge on any atom is 0.277 e. The Bertz CT molecular complexity index is 1220. The van der Waals surface area contributed by atoms with Crippen LogP contribution in [-0.4, -0.2) is 61.4 Å². The van der Waals surface area contributed by atoms with Gasteiger partial charge in [-0.15, -0.1) is 0 Å². The largest absolute Gasteiger partial charge is 0.493 e. The molecule has 4 rings (SSSR count). The minimum atomic E-state index is -0.215. The smallest absolute Gasteiger partial charge is 0.277 e. The second kappa shape index (κ2) is 9.61. The van der Waals surface area contributed by atoms with Gasteiger partial charge in [0, 0.05) is 37.8 Å².